The third kappa shape index (κ3) is 3.73. The maximum atomic E-state index is 10.2. The molecule has 0 saturated heterocycles. The molecular formula is C27H44O3. The third-order valence-corrected chi connectivity index (χ3v) is 10.0. The zero-order valence-electron chi connectivity index (χ0n) is 19.7. The zero-order chi connectivity index (χ0) is 21.7. The first-order valence-electron chi connectivity index (χ1n) is 12.5. The Kier molecular flexibility index (Phi) is 6.05. The van der Waals surface area contributed by atoms with Gasteiger partial charge in [-0.25, -0.2) is 0 Å². The lowest BCUT2D eigenvalue weighted by molar-refractivity contribution is -0.00956. The van der Waals surface area contributed by atoms with Crippen LogP contribution in [-0.2, 0) is 0 Å². The van der Waals surface area contributed by atoms with E-state index in [0.717, 1.165) is 38.0 Å². The van der Waals surface area contributed by atoms with Gasteiger partial charge in [0.15, 0.2) is 0 Å². The molecule has 0 aromatic rings. The van der Waals surface area contributed by atoms with Crippen molar-refractivity contribution in [3.8, 4) is 0 Å². The molecule has 0 spiro atoms. The van der Waals surface area contributed by atoms with Crippen molar-refractivity contribution in [1.29, 1.82) is 0 Å². The number of hydrogen-bond acceptors (Lipinski definition) is 3. The van der Waals surface area contributed by atoms with Crippen LogP contribution in [0.5, 0.6) is 0 Å². The topological polar surface area (TPSA) is 60.7 Å². The van der Waals surface area contributed by atoms with Crippen molar-refractivity contribution in [3.05, 3.63) is 23.3 Å². The summed E-state index contributed by atoms with van der Waals surface area (Å²) in [6.07, 6.45) is 15.8. The Hall–Kier alpha value is -0.640. The Labute approximate surface area is 183 Å². The third-order valence-electron chi connectivity index (χ3n) is 10.0. The molecule has 3 fully saturated rings. The number of rotatable bonds is 6. The summed E-state index contributed by atoms with van der Waals surface area (Å²) in [5, 5.41) is 29.6. The molecule has 0 radical (unpaired) electrons. The van der Waals surface area contributed by atoms with Gasteiger partial charge >= 0.3 is 0 Å². The number of aliphatic hydroxyl groups excluding tert-OH is 2. The quantitative estimate of drug-likeness (QED) is 0.543. The molecular weight excluding hydrogens is 372 g/mol. The van der Waals surface area contributed by atoms with Crippen molar-refractivity contribution < 1.29 is 15.3 Å². The van der Waals surface area contributed by atoms with Crippen LogP contribution in [0.3, 0.4) is 0 Å². The summed E-state index contributed by atoms with van der Waals surface area (Å²) in [5.41, 5.74) is 2.96. The summed E-state index contributed by atoms with van der Waals surface area (Å²) >= 11 is 0. The van der Waals surface area contributed by atoms with Gasteiger partial charge < -0.3 is 15.3 Å². The van der Waals surface area contributed by atoms with E-state index >= 15 is 0 Å². The molecule has 3 saturated carbocycles. The Balaban J connectivity index is 1.48. The number of hydrogen-bond donors (Lipinski definition) is 3. The normalized spacial score (nSPS) is 43.6. The number of aliphatic hydroxyl groups is 3. The highest BCUT2D eigenvalue weighted by Gasteiger charge is 2.56. The fourth-order valence-electron chi connectivity index (χ4n) is 8.04. The minimum atomic E-state index is -0.931. The minimum absolute atomic E-state index is 0.142. The van der Waals surface area contributed by atoms with Gasteiger partial charge in [-0.1, -0.05) is 56.9 Å². The number of allylic oxidation sites excluding steroid dienone is 3. The predicted octanol–water partition coefficient (Wildman–Crippen LogP) is 5.40. The molecule has 3 heteroatoms. The van der Waals surface area contributed by atoms with Crippen molar-refractivity contribution in [3.63, 3.8) is 0 Å². The predicted molar refractivity (Wildman–Crippen MR) is 122 cm³/mol. The van der Waals surface area contributed by atoms with Crippen LogP contribution in [0.4, 0.5) is 0 Å². The van der Waals surface area contributed by atoms with Crippen molar-refractivity contribution in [2.75, 3.05) is 6.61 Å². The highest BCUT2D eigenvalue weighted by atomic mass is 16.3. The Morgan fingerprint density at radius 3 is 2.60 bits per heavy atom. The lowest BCUT2D eigenvalue weighted by Crippen LogP contribution is -2.46. The van der Waals surface area contributed by atoms with Crippen LogP contribution in [0.2, 0.25) is 0 Å². The van der Waals surface area contributed by atoms with Crippen LogP contribution in [0.1, 0.15) is 91.9 Å². The molecule has 0 aliphatic heterocycles. The maximum absolute atomic E-state index is 10.2. The van der Waals surface area contributed by atoms with E-state index in [2.05, 4.69) is 32.9 Å². The summed E-state index contributed by atoms with van der Waals surface area (Å²) < 4.78 is 0. The fourth-order valence-corrected chi connectivity index (χ4v) is 8.04. The summed E-state index contributed by atoms with van der Waals surface area (Å²) in [6.45, 7) is 9.07. The van der Waals surface area contributed by atoms with Gasteiger partial charge in [0.1, 0.15) is 0 Å². The monoisotopic (exact) mass is 416 g/mol. The summed E-state index contributed by atoms with van der Waals surface area (Å²) in [4.78, 5) is 0. The molecule has 4 aliphatic carbocycles. The molecule has 0 amide bonds. The SMILES string of the molecule is C[C@H](CCCC(C)(O)CO)[C@H]1CC[C@H]2C3=CC=C4C[C@@H](O)CC[C@]4(C)[C@H]3CC[C@]12C. The van der Waals surface area contributed by atoms with Gasteiger partial charge in [-0.05, 0) is 92.8 Å². The molecule has 170 valence electrons. The van der Waals surface area contributed by atoms with E-state index in [1.54, 1.807) is 12.5 Å². The van der Waals surface area contributed by atoms with E-state index in [-0.39, 0.29) is 18.1 Å². The van der Waals surface area contributed by atoms with Crippen LogP contribution < -0.4 is 0 Å². The fraction of sp³-hybridized carbons (Fsp3) is 0.852. The summed E-state index contributed by atoms with van der Waals surface area (Å²) in [6, 6.07) is 0. The first kappa shape index (κ1) is 22.6. The van der Waals surface area contributed by atoms with E-state index in [0.29, 0.717) is 29.6 Å². The zero-order valence-corrected chi connectivity index (χ0v) is 19.7. The van der Waals surface area contributed by atoms with Crippen molar-refractivity contribution in [2.24, 2.45) is 34.5 Å². The Morgan fingerprint density at radius 2 is 1.87 bits per heavy atom. The van der Waals surface area contributed by atoms with E-state index in [9.17, 15) is 15.3 Å². The Bertz CT molecular complexity index is 707. The first-order valence-corrected chi connectivity index (χ1v) is 12.5. The molecule has 3 nitrogen and oxygen atoms in total. The largest absolute Gasteiger partial charge is 0.393 e. The van der Waals surface area contributed by atoms with Gasteiger partial charge in [-0.3, -0.25) is 0 Å². The molecule has 3 N–H and O–H groups in total. The Morgan fingerprint density at radius 1 is 1.10 bits per heavy atom. The van der Waals surface area contributed by atoms with Crippen LogP contribution in [0, 0.1) is 34.5 Å². The average molecular weight is 417 g/mol. The average Bonchev–Trinajstić information content (AvgIpc) is 3.05. The van der Waals surface area contributed by atoms with Crippen LogP contribution in [0.25, 0.3) is 0 Å². The highest BCUT2D eigenvalue weighted by molar-refractivity contribution is 5.38. The molecule has 0 aromatic heterocycles. The van der Waals surface area contributed by atoms with Gasteiger partial charge in [0.2, 0.25) is 0 Å². The van der Waals surface area contributed by atoms with Gasteiger partial charge in [-0.15, -0.1) is 0 Å². The smallest absolute Gasteiger partial charge is 0.0849 e. The molecule has 0 heterocycles. The van der Waals surface area contributed by atoms with Crippen molar-refractivity contribution >= 4 is 0 Å². The second-order valence-corrected chi connectivity index (χ2v) is 12.0. The summed E-state index contributed by atoms with van der Waals surface area (Å²) in [7, 11) is 0. The molecule has 1 unspecified atom stereocenters. The van der Waals surface area contributed by atoms with Crippen LogP contribution in [-0.4, -0.2) is 33.6 Å². The van der Waals surface area contributed by atoms with Crippen molar-refractivity contribution in [1.82, 2.24) is 0 Å². The van der Waals surface area contributed by atoms with E-state index in [1.165, 1.54) is 31.3 Å². The molecule has 30 heavy (non-hydrogen) atoms. The van der Waals surface area contributed by atoms with Gasteiger partial charge in [0.05, 0.1) is 18.3 Å². The number of fused-ring (bicyclic) bond motifs is 5. The highest BCUT2D eigenvalue weighted by Crippen LogP contribution is 2.66. The molecule has 4 aliphatic rings. The molecule has 0 aromatic carbocycles. The van der Waals surface area contributed by atoms with E-state index in [1.807, 2.05) is 0 Å². The second-order valence-electron chi connectivity index (χ2n) is 12.0. The van der Waals surface area contributed by atoms with E-state index < -0.39 is 5.60 Å². The maximum Gasteiger partial charge on any atom is 0.0849 e. The van der Waals surface area contributed by atoms with Crippen LogP contribution in [0.15, 0.2) is 23.3 Å². The van der Waals surface area contributed by atoms with Gasteiger partial charge in [-0.2, -0.15) is 0 Å². The first-order chi connectivity index (χ1) is 14.1. The molecule has 8 atom stereocenters. The molecule has 0 bridgehead atoms. The van der Waals surface area contributed by atoms with Crippen LogP contribution >= 0.6 is 0 Å². The summed E-state index contributed by atoms with van der Waals surface area (Å²) in [5.74, 6) is 2.82. The van der Waals surface area contributed by atoms with Crippen molar-refractivity contribution in [2.45, 2.75) is 104 Å². The standard InChI is InChI=1S/C27H44O3/c1-18(6-5-13-25(2,30)17-28)22-9-10-23-21-8-7-19-16-20(29)11-14-26(19,3)24(21)12-15-27(22,23)4/h7-8,18,20,22-24,28-30H,5-6,9-17H2,1-4H3/t18-,20+,22-,23+,24+,25?,26+,27-/m1/s1. The van der Waals surface area contributed by atoms with Gasteiger partial charge in [0, 0.05) is 0 Å². The van der Waals surface area contributed by atoms with Gasteiger partial charge in [0.25, 0.3) is 0 Å². The minimum Gasteiger partial charge on any atom is -0.393 e. The lowest BCUT2D eigenvalue weighted by atomic mass is 9.50. The van der Waals surface area contributed by atoms with E-state index in [4.69, 9.17) is 0 Å². The molecule has 4 rings (SSSR count). The lowest BCUT2D eigenvalue weighted by Gasteiger charge is -2.55. The second kappa shape index (κ2) is 8.05.